The summed E-state index contributed by atoms with van der Waals surface area (Å²) in [5.41, 5.74) is 11.6. The maximum absolute atomic E-state index is 2.84. The van der Waals surface area contributed by atoms with Crippen LogP contribution < -0.4 is 36.3 Å². The van der Waals surface area contributed by atoms with Crippen LogP contribution in [0.25, 0.3) is 5.47 Å². The highest BCUT2D eigenvalue weighted by atomic mass is 28.3. The SMILES string of the molecule is c1ccc(N2C3=C(B4c5ccccc5N(c5ccccc5)c5cccc2c54)c2ccccc2[Si]3(c2ccccc2)c2ccccc2)cc1. The summed E-state index contributed by atoms with van der Waals surface area (Å²) >= 11 is 0. The lowest BCUT2D eigenvalue weighted by atomic mass is 9.32. The number of benzene rings is 7. The number of rotatable bonds is 4. The molecule has 4 heteroatoms. The van der Waals surface area contributed by atoms with Crippen molar-refractivity contribution in [1.82, 2.24) is 0 Å². The van der Waals surface area contributed by atoms with Crippen LogP contribution in [-0.4, -0.2) is 14.8 Å². The molecule has 2 nitrogen and oxygen atoms in total. The minimum Gasteiger partial charge on any atom is -0.318 e. The molecule has 48 heavy (non-hydrogen) atoms. The lowest BCUT2D eigenvalue weighted by Gasteiger charge is -2.47. The topological polar surface area (TPSA) is 6.48 Å². The highest BCUT2D eigenvalue weighted by Crippen LogP contribution is 2.50. The summed E-state index contributed by atoms with van der Waals surface area (Å²) in [5.74, 6) is 0. The summed E-state index contributed by atoms with van der Waals surface area (Å²) in [6.45, 7) is 0.0743. The standard InChI is InChI=1S/C44H31BN2Si/c1-5-18-32(19-6-1)46-38-28-15-14-27-37(38)45-42-36-26-13-16-31-41(36)48(34-22-9-3-10-23-34,35-24-11-4-12-25-35)44(42)47(33-20-7-2-8-21-33)40-30-17-29-39(46)43(40)45/h1-31H. The molecule has 3 aliphatic heterocycles. The summed E-state index contributed by atoms with van der Waals surface area (Å²) in [7, 11) is -2.84. The third-order valence-corrected chi connectivity index (χ3v) is 15.4. The van der Waals surface area contributed by atoms with Crippen LogP contribution in [-0.2, 0) is 0 Å². The van der Waals surface area contributed by atoms with E-state index in [-0.39, 0.29) is 6.71 Å². The molecule has 0 fully saturated rings. The zero-order valence-corrected chi connectivity index (χ0v) is 27.4. The van der Waals surface area contributed by atoms with Crippen molar-refractivity contribution in [2.45, 2.75) is 0 Å². The van der Waals surface area contributed by atoms with Gasteiger partial charge in [-0.25, -0.2) is 0 Å². The van der Waals surface area contributed by atoms with Crippen LogP contribution in [0.2, 0.25) is 0 Å². The van der Waals surface area contributed by atoms with Gasteiger partial charge in [0.1, 0.15) is 0 Å². The van der Waals surface area contributed by atoms with Gasteiger partial charge in [-0.3, -0.25) is 0 Å². The first kappa shape index (κ1) is 27.3. The van der Waals surface area contributed by atoms with E-state index in [1.165, 1.54) is 71.3 Å². The summed E-state index contributed by atoms with van der Waals surface area (Å²) < 4.78 is 0. The predicted molar refractivity (Wildman–Crippen MR) is 206 cm³/mol. The molecule has 0 saturated carbocycles. The van der Waals surface area contributed by atoms with Crippen LogP contribution >= 0.6 is 0 Å². The van der Waals surface area contributed by atoms with Gasteiger partial charge in [-0.05, 0) is 80.0 Å². The molecule has 7 aromatic carbocycles. The second-order valence-electron chi connectivity index (χ2n) is 12.8. The van der Waals surface area contributed by atoms with Gasteiger partial charge in [0.15, 0.2) is 8.07 Å². The fourth-order valence-electron chi connectivity index (χ4n) is 8.78. The number of anilines is 5. The fraction of sp³-hybridized carbons (Fsp3) is 0. The smallest absolute Gasteiger partial charge is 0.251 e. The lowest BCUT2D eigenvalue weighted by molar-refractivity contribution is 1.23. The van der Waals surface area contributed by atoms with Crippen molar-refractivity contribution in [3.63, 3.8) is 0 Å². The number of hydrogen-bond donors (Lipinski definition) is 0. The van der Waals surface area contributed by atoms with Crippen molar-refractivity contribution in [3.8, 4) is 0 Å². The molecule has 7 aromatic rings. The van der Waals surface area contributed by atoms with Crippen LogP contribution in [0.3, 0.4) is 0 Å². The average molecular weight is 627 g/mol. The highest BCUT2D eigenvalue weighted by molar-refractivity contribution is 7.22. The van der Waals surface area contributed by atoms with E-state index in [0.717, 1.165) is 0 Å². The van der Waals surface area contributed by atoms with Crippen molar-refractivity contribution in [3.05, 3.63) is 199 Å². The Morgan fingerprint density at radius 3 is 1.52 bits per heavy atom. The fourth-order valence-corrected chi connectivity index (χ4v) is 14.2. The molecule has 0 aliphatic carbocycles. The van der Waals surface area contributed by atoms with Crippen LogP contribution in [0.5, 0.6) is 0 Å². The zero-order chi connectivity index (χ0) is 31.7. The van der Waals surface area contributed by atoms with E-state index in [1.807, 2.05) is 0 Å². The lowest BCUT2D eigenvalue weighted by Crippen LogP contribution is -2.70. The van der Waals surface area contributed by atoms with Crippen molar-refractivity contribution in [2.24, 2.45) is 0 Å². The summed E-state index contributed by atoms with van der Waals surface area (Å²) in [5, 5.41) is 5.73. The monoisotopic (exact) mass is 626 g/mol. The van der Waals surface area contributed by atoms with Gasteiger partial charge in [0, 0.05) is 33.8 Å². The molecule has 0 aromatic heterocycles. The van der Waals surface area contributed by atoms with Gasteiger partial charge >= 0.3 is 0 Å². The number of nitrogens with zero attached hydrogens (tertiary/aromatic N) is 2. The Labute approximate surface area is 283 Å². The Morgan fingerprint density at radius 2 is 0.875 bits per heavy atom. The Kier molecular flexibility index (Phi) is 6.02. The maximum atomic E-state index is 2.65. The van der Waals surface area contributed by atoms with Gasteiger partial charge in [-0.2, -0.15) is 0 Å². The second-order valence-corrected chi connectivity index (χ2v) is 16.5. The minimum absolute atomic E-state index is 0.0743. The minimum atomic E-state index is -2.84. The van der Waals surface area contributed by atoms with Crippen LogP contribution in [0.1, 0.15) is 5.56 Å². The van der Waals surface area contributed by atoms with Crippen LogP contribution in [0.15, 0.2) is 193 Å². The Bertz CT molecular complexity index is 2320. The zero-order valence-electron chi connectivity index (χ0n) is 26.4. The van der Waals surface area contributed by atoms with Crippen LogP contribution in [0.4, 0.5) is 28.4 Å². The molecule has 0 saturated heterocycles. The summed E-state index contributed by atoms with van der Waals surface area (Å²) in [6.07, 6.45) is 0. The van der Waals surface area contributed by atoms with Gasteiger partial charge in [-0.15, -0.1) is 0 Å². The first-order valence-corrected chi connectivity index (χ1v) is 18.7. The molecule has 0 amide bonds. The molecule has 0 spiro atoms. The quantitative estimate of drug-likeness (QED) is 0.191. The van der Waals surface area contributed by atoms with Crippen molar-refractivity contribution in [2.75, 3.05) is 9.80 Å². The van der Waals surface area contributed by atoms with Gasteiger partial charge in [0.05, 0.1) is 0 Å². The molecule has 0 N–H and O–H groups in total. The normalized spacial score (nSPS) is 15.0. The van der Waals surface area contributed by atoms with E-state index in [4.69, 9.17) is 0 Å². The molecule has 224 valence electrons. The van der Waals surface area contributed by atoms with E-state index < -0.39 is 8.07 Å². The van der Waals surface area contributed by atoms with Gasteiger partial charge in [0.25, 0.3) is 6.71 Å². The molecule has 0 bridgehead atoms. The Morgan fingerprint density at radius 1 is 0.396 bits per heavy atom. The summed E-state index contributed by atoms with van der Waals surface area (Å²) in [6, 6.07) is 70.0. The molecule has 0 unspecified atom stereocenters. The average Bonchev–Trinajstić information content (AvgIpc) is 3.47. The van der Waals surface area contributed by atoms with E-state index in [0.29, 0.717) is 0 Å². The van der Waals surface area contributed by atoms with E-state index in [1.54, 1.807) is 0 Å². The van der Waals surface area contributed by atoms with Crippen molar-refractivity contribution >= 4 is 75.2 Å². The number of fused-ring (bicyclic) bond motifs is 5. The molecule has 0 atom stereocenters. The number of hydrogen-bond acceptors (Lipinski definition) is 2. The molecule has 0 radical (unpaired) electrons. The first-order valence-electron chi connectivity index (χ1n) is 16.7. The molecule has 3 aliphatic rings. The van der Waals surface area contributed by atoms with Gasteiger partial charge in [-0.1, -0.05) is 146 Å². The highest BCUT2D eigenvalue weighted by Gasteiger charge is 2.58. The van der Waals surface area contributed by atoms with Gasteiger partial charge < -0.3 is 9.80 Å². The first-order chi connectivity index (χ1) is 23.9. The molecular formula is C44H31BN2Si. The van der Waals surface area contributed by atoms with E-state index in [9.17, 15) is 0 Å². The van der Waals surface area contributed by atoms with Crippen molar-refractivity contribution < 1.29 is 0 Å². The molecule has 3 heterocycles. The summed E-state index contributed by atoms with van der Waals surface area (Å²) in [4.78, 5) is 5.12. The Balaban J connectivity index is 1.40. The molecule has 10 rings (SSSR count). The predicted octanol–water partition coefficient (Wildman–Crippen LogP) is 7.20. The third kappa shape index (κ3) is 3.64. The third-order valence-electron chi connectivity index (χ3n) is 10.5. The maximum Gasteiger partial charge on any atom is 0.251 e. The number of para-hydroxylation sites is 3. The van der Waals surface area contributed by atoms with E-state index >= 15 is 0 Å². The van der Waals surface area contributed by atoms with Gasteiger partial charge in [0.2, 0.25) is 0 Å². The molecular weight excluding hydrogens is 595 g/mol. The second kappa shape index (κ2) is 10.6. The largest absolute Gasteiger partial charge is 0.318 e. The van der Waals surface area contributed by atoms with Crippen molar-refractivity contribution in [1.29, 1.82) is 0 Å². The van der Waals surface area contributed by atoms with Crippen LogP contribution in [0, 0.1) is 0 Å². The Hall–Kier alpha value is -5.84. The van der Waals surface area contributed by atoms with E-state index in [2.05, 4.69) is 198 Å².